The fraction of sp³-hybridized carbons (Fsp3) is 0.188. The molecule has 0 aromatic heterocycles. The molecule has 0 aliphatic rings. The minimum absolute atomic E-state index is 0.141. The van der Waals surface area contributed by atoms with E-state index in [1.807, 2.05) is 13.0 Å². The van der Waals surface area contributed by atoms with Crippen LogP contribution in [0.2, 0.25) is 0 Å². The Balaban J connectivity index is 2.47. The molecule has 0 fully saturated rings. The number of halogens is 1. The van der Waals surface area contributed by atoms with Crippen LogP contribution in [0.1, 0.15) is 32.6 Å². The summed E-state index contributed by atoms with van der Waals surface area (Å²) in [6, 6.07) is 8.35. The third kappa shape index (κ3) is 2.50. The lowest BCUT2D eigenvalue weighted by Crippen LogP contribution is -2.05. The molecule has 2 nitrogen and oxygen atoms in total. The smallest absolute Gasteiger partial charge is 0.193 e. The van der Waals surface area contributed by atoms with Gasteiger partial charge in [0.05, 0.1) is 0 Å². The van der Waals surface area contributed by atoms with E-state index in [-0.39, 0.29) is 11.6 Å². The molecule has 0 spiro atoms. The Morgan fingerprint density at radius 2 is 1.53 bits per heavy atom. The van der Waals surface area contributed by atoms with E-state index in [2.05, 4.69) is 0 Å². The molecular weight excluding hydrogens is 241 g/mol. The van der Waals surface area contributed by atoms with Crippen molar-refractivity contribution in [3.63, 3.8) is 0 Å². The van der Waals surface area contributed by atoms with Crippen molar-refractivity contribution >= 4 is 11.5 Å². The van der Waals surface area contributed by atoms with Gasteiger partial charge >= 0.3 is 0 Å². The van der Waals surface area contributed by atoms with Crippen LogP contribution in [-0.4, -0.2) is 5.78 Å². The van der Waals surface area contributed by atoms with Crippen molar-refractivity contribution in [1.29, 1.82) is 0 Å². The van der Waals surface area contributed by atoms with Gasteiger partial charge in [0, 0.05) is 16.8 Å². The lowest BCUT2D eigenvalue weighted by Gasteiger charge is -2.08. The third-order valence-corrected chi connectivity index (χ3v) is 3.24. The monoisotopic (exact) mass is 257 g/mol. The SMILES string of the molecule is Cc1ccc(C(=O)c2cc(C)c(F)c(C)c2)cc1N. The van der Waals surface area contributed by atoms with E-state index in [4.69, 9.17) is 5.73 Å². The molecule has 0 aliphatic heterocycles. The fourth-order valence-electron chi connectivity index (χ4n) is 2.03. The number of rotatable bonds is 2. The Bertz CT molecular complexity index is 639. The zero-order chi connectivity index (χ0) is 14.2. The third-order valence-electron chi connectivity index (χ3n) is 3.24. The van der Waals surface area contributed by atoms with E-state index in [0.29, 0.717) is 27.9 Å². The highest BCUT2D eigenvalue weighted by molar-refractivity contribution is 6.09. The molecule has 2 N–H and O–H groups in total. The van der Waals surface area contributed by atoms with Gasteiger partial charge in [-0.15, -0.1) is 0 Å². The maximum absolute atomic E-state index is 13.6. The number of nitrogens with two attached hydrogens (primary N) is 1. The highest BCUT2D eigenvalue weighted by Gasteiger charge is 2.13. The van der Waals surface area contributed by atoms with Crippen LogP contribution in [0.25, 0.3) is 0 Å². The molecule has 0 atom stereocenters. The molecule has 2 rings (SSSR count). The number of hydrogen-bond donors (Lipinski definition) is 1. The molecule has 0 saturated heterocycles. The average Bonchev–Trinajstić information content (AvgIpc) is 2.37. The van der Waals surface area contributed by atoms with Crippen LogP contribution in [0.5, 0.6) is 0 Å². The van der Waals surface area contributed by atoms with Gasteiger partial charge in [-0.05, 0) is 55.7 Å². The van der Waals surface area contributed by atoms with Crippen molar-refractivity contribution in [3.05, 3.63) is 64.0 Å². The van der Waals surface area contributed by atoms with Gasteiger partial charge in [-0.2, -0.15) is 0 Å². The minimum Gasteiger partial charge on any atom is -0.398 e. The van der Waals surface area contributed by atoms with E-state index < -0.39 is 0 Å². The number of nitrogen functional groups attached to an aromatic ring is 1. The molecular formula is C16H16FNO. The first-order valence-corrected chi connectivity index (χ1v) is 6.07. The van der Waals surface area contributed by atoms with Crippen molar-refractivity contribution in [2.45, 2.75) is 20.8 Å². The summed E-state index contributed by atoms with van der Waals surface area (Å²) in [5, 5.41) is 0. The zero-order valence-electron chi connectivity index (χ0n) is 11.3. The maximum atomic E-state index is 13.6. The molecule has 3 heteroatoms. The summed E-state index contributed by atoms with van der Waals surface area (Å²) in [7, 11) is 0. The number of ketones is 1. The Morgan fingerprint density at radius 3 is 2.05 bits per heavy atom. The average molecular weight is 257 g/mol. The van der Waals surface area contributed by atoms with Gasteiger partial charge in [-0.25, -0.2) is 4.39 Å². The van der Waals surface area contributed by atoms with E-state index in [1.165, 1.54) is 0 Å². The van der Waals surface area contributed by atoms with Crippen LogP contribution in [0, 0.1) is 26.6 Å². The number of hydrogen-bond acceptors (Lipinski definition) is 2. The van der Waals surface area contributed by atoms with Crippen LogP contribution < -0.4 is 5.73 Å². The van der Waals surface area contributed by atoms with E-state index in [0.717, 1.165) is 5.56 Å². The summed E-state index contributed by atoms with van der Waals surface area (Å²) in [5.74, 6) is -0.405. The second kappa shape index (κ2) is 4.84. The van der Waals surface area contributed by atoms with Crippen LogP contribution in [0.4, 0.5) is 10.1 Å². The van der Waals surface area contributed by atoms with Crippen molar-refractivity contribution < 1.29 is 9.18 Å². The Hall–Kier alpha value is -2.16. The molecule has 0 radical (unpaired) electrons. The number of carbonyl (C=O) groups excluding carboxylic acids is 1. The van der Waals surface area contributed by atoms with E-state index in [9.17, 15) is 9.18 Å². The summed E-state index contributed by atoms with van der Waals surface area (Å²) in [4.78, 5) is 12.3. The van der Waals surface area contributed by atoms with Gasteiger partial charge in [-0.1, -0.05) is 12.1 Å². The Kier molecular flexibility index (Phi) is 3.38. The van der Waals surface area contributed by atoms with Crippen LogP contribution in [0.3, 0.4) is 0 Å². The highest BCUT2D eigenvalue weighted by atomic mass is 19.1. The molecule has 0 saturated carbocycles. The number of carbonyl (C=O) groups is 1. The van der Waals surface area contributed by atoms with Crippen molar-refractivity contribution in [2.24, 2.45) is 0 Å². The van der Waals surface area contributed by atoms with Crippen molar-refractivity contribution in [2.75, 3.05) is 5.73 Å². The quantitative estimate of drug-likeness (QED) is 0.660. The lowest BCUT2D eigenvalue weighted by atomic mass is 9.98. The summed E-state index contributed by atoms with van der Waals surface area (Å²) in [5.41, 5.74) is 9.28. The zero-order valence-corrected chi connectivity index (χ0v) is 11.3. The largest absolute Gasteiger partial charge is 0.398 e. The minimum atomic E-state index is -0.264. The number of benzene rings is 2. The maximum Gasteiger partial charge on any atom is 0.193 e. The van der Waals surface area contributed by atoms with Crippen molar-refractivity contribution in [1.82, 2.24) is 0 Å². The molecule has 0 aliphatic carbocycles. The second-order valence-electron chi connectivity index (χ2n) is 4.82. The fourth-order valence-corrected chi connectivity index (χ4v) is 2.03. The van der Waals surface area contributed by atoms with E-state index >= 15 is 0 Å². The van der Waals surface area contributed by atoms with Gasteiger partial charge in [-0.3, -0.25) is 4.79 Å². The molecule has 2 aromatic carbocycles. The lowest BCUT2D eigenvalue weighted by molar-refractivity contribution is 0.103. The van der Waals surface area contributed by atoms with E-state index in [1.54, 1.807) is 38.1 Å². The molecule has 2 aromatic rings. The Morgan fingerprint density at radius 1 is 0.947 bits per heavy atom. The molecule has 0 heterocycles. The summed E-state index contributed by atoms with van der Waals surface area (Å²) < 4.78 is 13.6. The normalized spacial score (nSPS) is 10.5. The first-order valence-electron chi connectivity index (χ1n) is 6.07. The van der Waals surface area contributed by atoms with Gasteiger partial charge in [0.15, 0.2) is 5.78 Å². The molecule has 0 amide bonds. The number of anilines is 1. The molecule has 0 bridgehead atoms. The Labute approximate surface area is 112 Å². The second-order valence-corrected chi connectivity index (χ2v) is 4.82. The first kappa shape index (κ1) is 13.3. The summed E-state index contributed by atoms with van der Waals surface area (Å²) in [6.07, 6.45) is 0. The predicted octanol–water partition coefficient (Wildman–Crippen LogP) is 3.56. The van der Waals surface area contributed by atoms with Crippen LogP contribution in [0.15, 0.2) is 30.3 Å². The van der Waals surface area contributed by atoms with Crippen LogP contribution in [-0.2, 0) is 0 Å². The topological polar surface area (TPSA) is 43.1 Å². The molecule has 19 heavy (non-hydrogen) atoms. The van der Waals surface area contributed by atoms with Gasteiger partial charge in [0.1, 0.15) is 5.82 Å². The number of aryl methyl sites for hydroxylation is 3. The predicted molar refractivity (Wildman–Crippen MR) is 74.9 cm³/mol. The van der Waals surface area contributed by atoms with Gasteiger partial charge in [0.25, 0.3) is 0 Å². The standard InChI is InChI=1S/C16H16FNO/c1-9-4-5-12(8-14(9)18)16(19)13-6-10(2)15(17)11(3)7-13/h4-8H,18H2,1-3H3. The van der Waals surface area contributed by atoms with Crippen molar-refractivity contribution in [3.8, 4) is 0 Å². The van der Waals surface area contributed by atoms with Gasteiger partial charge < -0.3 is 5.73 Å². The molecule has 0 unspecified atom stereocenters. The van der Waals surface area contributed by atoms with Gasteiger partial charge in [0.2, 0.25) is 0 Å². The first-order chi connectivity index (χ1) is 8.90. The molecule has 98 valence electrons. The summed E-state index contributed by atoms with van der Waals surface area (Å²) in [6.45, 7) is 5.20. The summed E-state index contributed by atoms with van der Waals surface area (Å²) >= 11 is 0. The van der Waals surface area contributed by atoms with Crippen LogP contribution >= 0.6 is 0 Å². The highest BCUT2D eigenvalue weighted by Crippen LogP contribution is 2.20.